The van der Waals surface area contributed by atoms with Crippen LogP contribution < -0.4 is 0 Å². The van der Waals surface area contributed by atoms with Crippen molar-refractivity contribution in [1.29, 1.82) is 0 Å². The first-order valence-corrected chi connectivity index (χ1v) is 6.57. The highest BCUT2D eigenvalue weighted by atomic mass is 35.5. The average molecular weight is 291 g/mol. The molecule has 0 aliphatic carbocycles. The summed E-state index contributed by atoms with van der Waals surface area (Å²) in [6, 6.07) is 14.7. The molecule has 2 rings (SSSR count). The number of carbonyl (C=O) groups is 1. The van der Waals surface area contributed by atoms with E-state index in [1.807, 2.05) is 36.4 Å². The molecule has 0 N–H and O–H groups in total. The van der Waals surface area contributed by atoms with E-state index in [0.29, 0.717) is 23.8 Å². The van der Waals surface area contributed by atoms with Crippen molar-refractivity contribution in [2.45, 2.75) is 13.2 Å². The molecule has 0 aliphatic heterocycles. The predicted octanol–water partition coefficient (Wildman–Crippen LogP) is 3.84. The van der Waals surface area contributed by atoms with Crippen LogP contribution in [-0.4, -0.2) is 13.1 Å². The highest BCUT2D eigenvalue weighted by Gasteiger charge is 2.10. The van der Waals surface area contributed by atoms with Crippen LogP contribution in [0.3, 0.4) is 0 Å². The van der Waals surface area contributed by atoms with Gasteiger partial charge in [0.2, 0.25) is 0 Å². The molecule has 0 unspecified atom stereocenters. The Morgan fingerprint density at radius 1 is 1.00 bits per heavy atom. The second-order valence-electron chi connectivity index (χ2n) is 4.23. The third kappa shape index (κ3) is 3.59. The number of hydrogen-bond donors (Lipinski definition) is 0. The summed E-state index contributed by atoms with van der Waals surface area (Å²) in [5.41, 5.74) is 2.24. The van der Waals surface area contributed by atoms with E-state index in [4.69, 9.17) is 21.1 Å². The van der Waals surface area contributed by atoms with Crippen LogP contribution in [0.2, 0.25) is 5.02 Å². The Labute approximate surface area is 123 Å². The van der Waals surface area contributed by atoms with E-state index in [2.05, 4.69) is 0 Å². The van der Waals surface area contributed by atoms with Crippen molar-refractivity contribution in [3.63, 3.8) is 0 Å². The van der Waals surface area contributed by atoms with Gasteiger partial charge in [-0.15, -0.1) is 0 Å². The number of carbonyl (C=O) groups excluding carboxylic acids is 1. The van der Waals surface area contributed by atoms with Gasteiger partial charge in [0.1, 0.15) is 0 Å². The first-order valence-electron chi connectivity index (χ1n) is 6.19. The Hall–Kier alpha value is -1.84. The van der Waals surface area contributed by atoms with Crippen molar-refractivity contribution >= 4 is 17.6 Å². The van der Waals surface area contributed by atoms with Crippen LogP contribution in [0.15, 0.2) is 48.5 Å². The van der Waals surface area contributed by atoms with Gasteiger partial charge in [-0.3, -0.25) is 0 Å². The molecule has 2 aromatic rings. The predicted molar refractivity (Wildman–Crippen MR) is 77.7 cm³/mol. The minimum absolute atomic E-state index is 0.330. The fourth-order valence-electron chi connectivity index (χ4n) is 1.84. The van der Waals surface area contributed by atoms with Crippen LogP contribution in [0.5, 0.6) is 0 Å². The second-order valence-corrected chi connectivity index (χ2v) is 4.64. The topological polar surface area (TPSA) is 35.5 Å². The molecule has 0 atom stereocenters. The molecule has 0 radical (unpaired) electrons. The summed E-state index contributed by atoms with van der Waals surface area (Å²) in [4.78, 5) is 11.6. The van der Waals surface area contributed by atoms with Crippen molar-refractivity contribution in [1.82, 2.24) is 0 Å². The van der Waals surface area contributed by atoms with Crippen LogP contribution in [-0.2, 0) is 22.7 Å². The molecule has 0 bridgehead atoms. The fourth-order valence-corrected chi connectivity index (χ4v) is 2.03. The molecular weight excluding hydrogens is 276 g/mol. The number of benzene rings is 2. The molecule has 4 heteroatoms. The number of ether oxygens (including phenoxy) is 2. The molecule has 0 fully saturated rings. The van der Waals surface area contributed by atoms with Gasteiger partial charge in [0.05, 0.1) is 25.9 Å². The number of methoxy groups -OCH3 is 1. The summed E-state index contributed by atoms with van der Waals surface area (Å²) in [6.45, 7) is 0.728. The highest BCUT2D eigenvalue weighted by Crippen LogP contribution is 2.17. The Morgan fingerprint density at radius 2 is 1.60 bits per heavy atom. The zero-order valence-electron chi connectivity index (χ0n) is 11.1. The standard InChI is InChI=1S/C16H15ClO3/c1-19-16(18)14-8-4-2-6-12(14)10-20-11-13-7-3-5-9-15(13)17/h2-9H,10-11H2,1H3. The van der Waals surface area contributed by atoms with E-state index in [0.717, 1.165) is 11.1 Å². The third-order valence-corrected chi connectivity index (χ3v) is 3.26. The molecular formula is C16H15ClO3. The summed E-state index contributed by atoms with van der Waals surface area (Å²) >= 11 is 6.06. The maximum Gasteiger partial charge on any atom is 0.338 e. The first-order chi connectivity index (χ1) is 9.72. The summed E-state index contributed by atoms with van der Waals surface area (Å²) in [5, 5.41) is 0.675. The molecule has 20 heavy (non-hydrogen) atoms. The summed E-state index contributed by atoms with van der Waals surface area (Å²) in [5.74, 6) is -0.359. The van der Waals surface area contributed by atoms with E-state index >= 15 is 0 Å². The van der Waals surface area contributed by atoms with Crippen molar-refractivity contribution in [3.8, 4) is 0 Å². The smallest absolute Gasteiger partial charge is 0.338 e. The Bertz CT molecular complexity index is 596. The van der Waals surface area contributed by atoms with Crippen LogP contribution in [0.25, 0.3) is 0 Å². The maximum atomic E-state index is 11.6. The van der Waals surface area contributed by atoms with Gasteiger partial charge in [0, 0.05) is 5.02 Å². The van der Waals surface area contributed by atoms with Crippen LogP contribution in [0, 0.1) is 0 Å². The van der Waals surface area contributed by atoms with Gasteiger partial charge < -0.3 is 9.47 Å². The van der Waals surface area contributed by atoms with E-state index in [-0.39, 0.29) is 5.97 Å². The number of hydrogen-bond acceptors (Lipinski definition) is 3. The molecule has 0 spiro atoms. The van der Waals surface area contributed by atoms with Gasteiger partial charge in [-0.2, -0.15) is 0 Å². The lowest BCUT2D eigenvalue weighted by Gasteiger charge is -2.09. The van der Waals surface area contributed by atoms with Gasteiger partial charge in [-0.05, 0) is 23.3 Å². The van der Waals surface area contributed by atoms with Gasteiger partial charge in [-0.25, -0.2) is 4.79 Å². The minimum Gasteiger partial charge on any atom is -0.465 e. The van der Waals surface area contributed by atoms with Crippen molar-refractivity contribution in [2.75, 3.05) is 7.11 Å². The molecule has 2 aromatic carbocycles. The van der Waals surface area contributed by atoms with E-state index in [9.17, 15) is 4.79 Å². The molecule has 0 aliphatic rings. The van der Waals surface area contributed by atoms with Gasteiger partial charge in [0.25, 0.3) is 0 Å². The van der Waals surface area contributed by atoms with Gasteiger partial charge in [-0.1, -0.05) is 48.0 Å². The normalized spacial score (nSPS) is 10.3. The molecule has 0 heterocycles. The molecule has 0 saturated carbocycles. The minimum atomic E-state index is -0.359. The molecule has 0 saturated heterocycles. The molecule has 0 amide bonds. The quantitative estimate of drug-likeness (QED) is 0.785. The number of esters is 1. The van der Waals surface area contributed by atoms with Crippen LogP contribution in [0.4, 0.5) is 0 Å². The Morgan fingerprint density at radius 3 is 2.30 bits per heavy atom. The lowest BCUT2D eigenvalue weighted by molar-refractivity contribution is 0.0590. The molecule has 104 valence electrons. The Kier molecular flexibility index (Phi) is 5.16. The summed E-state index contributed by atoms with van der Waals surface area (Å²) < 4.78 is 10.4. The second kappa shape index (κ2) is 7.08. The first kappa shape index (κ1) is 14.6. The van der Waals surface area contributed by atoms with Crippen molar-refractivity contribution in [2.24, 2.45) is 0 Å². The zero-order valence-corrected chi connectivity index (χ0v) is 11.9. The van der Waals surface area contributed by atoms with E-state index in [1.54, 1.807) is 12.1 Å². The van der Waals surface area contributed by atoms with Crippen LogP contribution >= 0.6 is 11.6 Å². The fraction of sp³-hybridized carbons (Fsp3) is 0.188. The molecule has 3 nitrogen and oxygen atoms in total. The van der Waals surface area contributed by atoms with Gasteiger partial charge >= 0.3 is 5.97 Å². The zero-order chi connectivity index (χ0) is 14.4. The van der Waals surface area contributed by atoms with Gasteiger partial charge in [0.15, 0.2) is 0 Å². The van der Waals surface area contributed by atoms with Crippen molar-refractivity contribution in [3.05, 3.63) is 70.2 Å². The highest BCUT2D eigenvalue weighted by molar-refractivity contribution is 6.31. The lowest BCUT2D eigenvalue weighted by atomic mass is 10.1. The third-order valence-electron chi connectivity index (χ3n) is 2.90. The average Bonchev–Trinajstić information content (AvgIpc) is 2.49. The van der Waals surface area contributed by atoms with E-state index in [1.165, 1.54) is 7.11 Å². The summed E-state index contributed by atoms with van der Waals surface area (Å²) in [6.07, 6.45) is 0. The Balaban J connectivity index is 2.01. The van der Waals surface area contributed by atoms with E-state index < -0.39 is 0 Å². The SMILES string of the molecule is COC(=O)c1ccccc1COCc1ccccc1Cl. The van der Waals surface area contributed by atoms with Crippen LogP contribution in [0.1, 0.15) is 21.5 Å². The van der Waals surface area contributed by atoms with Crippen molar-refractivity contribution < 1.29 is 14.3 Å². The number of halogens is 1. The maximum absolute atomic E-state index is 11.6. The number of rotatable bonds is 5. The summed E-state index contributed by atoms with van der Waals surface area (Å²) in [7, 11) is 1.36. The lowest BCUT2D eigenvalue weighted by Crippen LogP contribution is -2.06. The monoisotopic (exact) mass is 290 g/mol. The largest absolute Gasteiger partial charge is 0.465 e. The molecule has 0 aromatic heterocycles.